The number of fused-ring (bicyclic) bond motifs is 1. The Labute approximate surface area is 159 Å². The van der Waals surface area contributed by atoms with Crippen LogP contribution in [0, 0.1) is 0 Å². The minimum Gasteiger partial charge on any atom is -0.343 e. The smallest absolute Gasteiger partial charge is 0.222 e. The molecule has 0 aromatic carbocycles. The Hall–Kier alpha value is -0.650. The molecule has 3 saturated heterocycles. The van der Waals surface area contributed by atoms with Gasteiger partial charge in [0.15, 0.2) is 0 Å². The van der Waals surface area contributed by atoms with Crippen LogP contribution in [0.25, 0.3) is 0 Å². The molecule has 3 heterocycles. The molecule has 1 amide bonds. The van der Waals surface area contributed by atoms with Crippen molar-refractivity contribution in [3.05, 3.63) is 0 Å². The summed E-state index contributed by atoms with van der Waals surface area (Å²) in [6, 6.07) is 3.08. The third kappa shape index (κ3) is 3.95. The standard InChI is InChI=1S/C21H38N4O/c1-2-5-21(26)24-14-8-17(9-15-24)23-12-10-18(11-13-23)25-16-22-19-6-3-4-7-20(19)25/h17-20,22H,2-16H2,1H3. The lowest BCUT2D eigenvalue weighted by Gasteiger charge is -2.44. The van der Waals surface area contributed by atoms with Crippen LogP contribution in [0.5, 0.6) is 0 Å². The van der Waals surface area contributed by atoms with Crippen LogP contribution in [0.15, 0.2) is 0 Å². The number of likely N-dealkylation sites (tertiary alicyclic amines) is 2. The first kappa shape index (κ1) is 18.7. The van der Waals surface area contributed by atoms with Crippen molar-refractivity contribution in [1.29, 1.82) is 0 Å². The minimum absolute atomic E-state index is 0.369. The molecule has 1 aliphatic carbocycles. The predicted molar refractivity (Wildman–Crippen MR) is 105 cm³/mol. The van der Waals surface area contributed by atoms with E-state index in [1.54, 1.807) is 0 Å². The average Bonchev–Trinajstić information content (AvgIpc) is 3.13. The summed E-state index contributed by atoms with van der Waals surface area (Å²) in [5, 5.41) is 3.78. The number of carbonyl (C=O) groups is 1. The fourth-order valence-electron chi connectivity index (χ4n) is 5.92. The van der Waals surface area contributed by atoms with Gasteiger partial charge in [-0.3, -0.25) is 15.0 Å². The van der Waals surface area contributed by atoms with Gasteiger partial charge in [0, 0.05) is 50.3 Å². The Morgan fingerprint density at radius 3 is 2.35 bits per heavy atom. The van der Waals surface area contributed by atoms with E-state index in [9.17, 15) is 4.79 Å². The molecule has 5 heteroatoms. The second-order valence-corrected chi connectivity index (χ2v) is 8.96. The molecule has 2 atom stereocenters. The van der Waals surface area contributed by atoms with E-state index < -0.39 is 0 Å². The highest BCUT2D eigenvalue weighted by molar-refractivity contribution is 5.76. The monoisotopic (exact) mass is 362 g/mol. The average molecular weight is 363 g/mol. The second-order valence-electron chi connectivity index (χ2n) is 8.96. The van der Waals surface area contributed by atoms with Crippen LogP contribution in [-0.4, -0.2) is 77.6 Å². The van der Waals surface area contributed by atoms with Crippen LogP contribution < -0.4 is 5.32 Å². The van der Waals surface area contributed by atoms with Crippen LogP contribution in [-0.2, 0) is 4.79 Å². The van der Waals surface area contributed by atoms with Gasteiger partial charge in [0.05, 0.1) is 0 Å². The number of nitrogens with zero attached hydrogens (tertiary/aromatic N) is 3. The lowest BCUT2D eigenvalue weighted by Crippen LogP contribution is -2.53. The Kier molecular flexibility index (Phi) is 6.17. The van der Waals surface area contributed by atoms with E-state index in [0.717, 1.165) is 50.7 Å². The summed E-state index contributed by atoms with van der Waals surface area (Å²) in [6.07, 6.45) is 12.3. The number of amides is 1. The van der Waals surface area contributed by atoms with Gasteiger partial charge in [-0.2, -0.15) is 0 Å². The lowest BCUT2D eigenvalue weighted by atomic mass is 9.89. The first-order valence-electron chi connectivity index (χ1n) is 11.3. The molecule has 0 spiro atoms. The fourth-order valence-corrected chi connectivity index (χ4v) is 5.92. The molecule has 1 N–H and O–H groups in total. The van der Waals surface area contributed by atoms with E-state index in [1.807, 2.05) is 0 Å². The van der Waals surface area contributed by atoms with Gasteiger partial charge in [0.25, 0.3) is 0 Å². The van der Waals surface area contributed by atoms with Crippen LogP contribution in [0.4, 0.5) is 0 Å². The SMILES string of the molecule is CCCC(=O)N1CCC(N2CCC(N3CNC4CCCCC43)CC2)CC1. The van der Waals surface area contributed by atoms with Crippen LogP contribution in [0.3, 0.4) is 0 Å². The Morgan fingerprint density at radius 2 is 1.62 bits per heavy atom. The highest BCUT2D eigenvalue weighted by Crippen LogP contribution is 2.32. The van der Waals surface area contributed by atoms with Gasteiger partial charge in [-0.05, 0) is 58.0 Å². The van der Waals surface area contributed by atoms with Crippen molar-refractivity contribution < 1.29 is 4.79 Å². The zero-order valence-electron chi connectivity index (χ0n) is 16.7. The first-order valence-corrected chi connectivity index (χ1v) is 11.3. The molecule has 5 nitrogen and oxygen atoms in total. The van der Waals surface area contributed by atoms with Crippen LogP contribution >= 0.6 is 0 Å². The van der Waals surface area contributed by atoms with Crippen molar-refractivity contribution in [2.75, 3.05) is 32.8 Å². The summed E-state index contributed by atoms with van der Waals surface area (Å²) in [5.41, 5.74) is 0. The quantitative estimate of drug-likeness (QED) is 0.834. The number of nitrogens with one attached hydrogen (secondary N) is 1. The zero-order chi connectivity index (χ0) is 17.9. The molecule has 0 aromatic heterocycles. The van der Waals surface area contributed by atoms with Crippen molar-refractivity contribution in [2.45, 2.75) is 95.3 Å². The van der Waals surface area contributed by atoms with Gasteiger partial charge >= 0.3 is 0 Å². The maximum atomic E-state index is 12.1. The Balaban J connectivity index is 1.23. The molecule has 4 aliphatic rings. The van der Waals surface area contributed by atoms with Gasteiger partial charge in [0.2, 0.25) is 5.91 Å². The van der Waals surface area contributed by atoms with Gasteiger partial charge < -0.3 is 9.80 Å². The van der Waals surface area contributed by atoms with E-state index in [2.05, 4.69) is 26.9 Å². The maximum Gasteiger partial charge on any atom is 0.222 e. The summed E-state index contributed by atoms with van der Waals surface area (Å²) >= 11 is 0. The molecule has 2 unspecified atom stereocenters. The van der Waals surface area contributed by atoms with Crippen LogP contribution in [0.1, 0.15) is 71.1 Å². The van der Waals surface area contributed by atoms with E-state index >= 15 is 0 Å². The molecule has 4 rings (SSSR count). The third-order valence-electron chi connectivity index (χ3n) is 7.46. The normalized spacial score (nSPS) is 32.7. The van der Waals surface area contributed by atoms with E-state index in [0.29, 0.717) is 11.9 Å². The number of hydrogen-bond donors (Lipinski definition) is 1. The topological polar surface area (TPSA) is 38.8 Å². The summed E-state index contributed by atoms with van der Waals surface area (Å²) in [5.74, 6) is 0.369. The van der Waals surface area contributed by atoms with Gasteiger partial charge in [-0.25, -0.2) is 0 Å². The van der Waals surface area contributed by atoms with Gasteiger partial charge in [-0.15, -0.1) is 0 Å². The van der Waals surface area contributed by atoms with Crippen molar-refractivity contribution in [3.63, 3.8) is 0 Å². The maximum absolute atomic E-state index is 12.1. The van der Waals surface area contributed by atoms with E-state index in [-0.39, 0.29) is 0 Å². The first-order chi connectivity index (χ1) is 12.8. The molecular weight excluding hydrogens is 324 g/mol. The Morgan fingerprint density at radius 1 is 0.923 bits per heavy atom. The highest BCUT2D eigenvalue weighted by atomic mass is 16.2. The summed E-state index contributed by atoms with van der Waals surface area (Å²) in [7, 11) is 0. The zero-order valence-corrected chi connectivity index (χ0v) is 16.7. The van der Waals surface area contributed by atoms with Crippen molar-refractivity contribution >= 4 is 5.91 Å². The highest BCUT2D eigenvalue weighted by Gasteiger charge is 2.40. The number of hydrogen-bond acceptors (Lipinski definition) is 4. The number of piperidine rings is 2. The summed E-state index contributed by atoms with van der Waals surface area (Å²) in [4.78, 5) is 19.7. The van der Waals surface area contributed by atoms with Crippen molar-refractivity contribution in [1.82, 2.24) is 20.0 Å². The van der Waals surface area contributed by atoms with Crippen molar-refractivity contribution in [3.8, 4) is 0 Å². The fraction of sp³-hybridized carbons (Fsp3) is 0.952. The van der Waals surface area contributed by atoms with E-state index in [4.69, 9.17) is 0 Å². The molecular formula is C21H38N4O. The lowest BCUT2D eigenvalue weighted by molar-refractivity contribution is -0.132. The molecule has 148 valence electrons. The Bertz CT molecular complexity index is 469. The number of carbonyl (C=O) groups excluding carboxylic acids is 1. The molecule has 3 aliphatic heterocycles. The molecule has 26 heavy (non-hydrogen) atoms. The van der Waals surface area contributed by atoms with Crippen molar-refractivity contribution in [2.24, 2.45) is 0 Å². The van der Waals surface area contributed by atoms with Gasteiger partial charge in [0.1, 0.15) is 0 Å². The molecule has 0 aromatic rings. The second kappa shape index (κ2) is 8.57. The van der Waals surface area contributed by atoms with Gasteiger partial charge in [-0.1, -0.05) is 19.8 Å². The number of rotatable bonds is 4. The molecule has 4 fully saturated rings. The molecule has 0 radical (unpaired) electrons. The molecule has 1 saturated carbocycles. The van der Waals surface area contributed by atoms with Crippen LogP contribution in [0.2, 0.25) is 0 Å². The molecule has 0 bridgehead atoms. The third-order valence-corrected chi connectivity index (χ3v) is 7.46. The largest absolute Gasteiger partial charge is 0.343 e. The predicted octanol–water partition coefficient (Wildman–Crippen LogP) is 2.42. The van der Waals surface area contributed by atoms with E-state index in [1.165, 1.54) is 64.5 Å². The minimum atomic E-state index is 0.369. The summed E-state index contributed by atoms with van der Waals surface area (Å²) in [6.45, 7) is 7.68. The summed E-state index contributed by atoms with van der Waals surface area (Å²) < 4.78 is 0.